The predicted molar refractivity (Wildman–Crippen MR) is 108 cm³/mol. The Kier molecular flexibility index (Phi) is 8.21. The molecule has 1 aromatic rings. The van der Waals surface area contributed by atoms with Gasteiger partial charge in [-0.3, -0.25) is 9.59 Å². The first kappa shape index (κ1) is 23.3. The summed E-state index contributed by atoms with van der Waals surface area (Å²) in [7, 11) is -3.71. The molecule has 9 nitrogen and oxygen atoms in total. The minimum absolute atomic E-state index is 0.0334. The van der Waals surface area contributed by atoms with E-state index in [2.05, 4.69) is 5.16 Å². The van der Waals surface area contributed by atoms with Crippen LogP contribution in [0.4, 0.5) is 0 Å². The second-order valence-corrected chi connectivity index (χ2v) is 9.09. The summed E-state index contributed by atoms with van der Waals surface area (Å²) in [6, 6.07) is 0. The van der Waals surface area contributed by atoms with Crippen molar-refractivity contribution in [3.05, 3.63) is 11.5 Å². The molecule has 1 saturated heterocycles. The highest BCUT2D eigenvalue weighted by atomic mass is 32.2. The van der Waals surface area contributed by atoms with Gasteiger partial charge in [0.2, 0.25) is 21.8 Å². The number of carbonyl (C=O) groups is 2. The summed E-state index contributed by atoms with van der Waals surface area (Å²) >= 11 is 0. The molecule has 0 spiro atoms. The second-order valence-electron chi connectivity index (χ2n) is 7.21. The normalized spacial score (nSPS) is 15.9. The van der Waals surface area contributed by atoms with Crippen LogP contribution in [0, 0.1) is 13.8 Å². The molecule has 2 amide bonds. The van der Waals surface area contributed by atoms with Gasteiger partial charge in [0.15, 0.2) is 5.76 Å². The van der Waals surface area contributed by atoms with Crippen molar-refractivity contribution < 1.29 is 22.5 Å². The van der Waals surface area contributed by atoms with Gasteiger partial charge in [-0.1, -0.05) is 5.16 Å². The third-order valence-electron chi connectivity index (χ3n) is 5.27. The molecule has 0 atom stereocenters. The lowest BCUT2D eigenvalue weighted by molar-refractivity contribution is -0.132. The number of rotatable bonds is 8. The van der Waals surface area contributed by atoms with Crippen molar-refractivity contribution in [2.75, 3.05) is 39.3 Å². The van der Waals surface area contributed by atoms with Gasteiger partial charge in [0.1, 0.15) is 10.6 Å². The van der Waals surface area contributed by atoms with E-state index in [1.54, 1.807) is 23.6 Å². The zero-order valence-corrected chi connectivity index (χ0v) is 18.6. The smallest absolute Gasteiger partial charge is 0.248 e. The Balaban J connectivity index is 1.91. The Labute approximate surface area is 173 Å². The maximum atomic E-state index is 13.0. The molecule has 0 N–H and O–H groups in total. The number of nitrogens with zero attached hydrogens (tertiary/aromatic N) is 4. The van der Waals surface area contributed by atoms with Gasteiger partial charge in [0.05, 0.1) is 0 Å². The molecule has 0 aromatic carbocycles. The standard InChI is InChI=1S/C19H32N4O5S/c1-5-21(6-2)17(24)9-7-10-18(25)22-11-8-12-23(14-13-22)29(26,27)19-15(3)20-28-16(19)4/h5-14H2,1-4H3. The topological polar surface area (TPSA) is 104 Å². The van der Waals surface area contributed by atoms with Crippen LogP contribution < -0.4 is 0 Å². The minimum atomic E-state index is -3.71. The summed E-state index contributed by atoms with van der Waals surface area (Å²) in [6.45, 7) is 9.83. The summed E-state index contributed by atoms with van der Waals surface area (Å²) in [5, 5.41) is 3.74. The van der Waals surface area contributed by atoms with Crippen LogP contribution in [0.5, 0.6) is 0 Å². The largest absolute Gasteiger partial charge is 0.360 e. The molecular weight excluding hydrogens is 396 g/mol. The number of hydrogen-bond donors (Lipinski definition) is 0. The maximum absolute atomic E-state index is 13.0. The number of aryl methyl sites for hydroxylation is 2. The van der Waals surface area contributed by atoms with Crippen molar-refractivity contribution >= 4 is 21.8 Å². The number of hydrogen-bond acceptors (Lipinski definition) is 6. The Bertz CT molecular complexity index is 797. The first-order valence-corrected chi connectivity index (χ1v) is 11.6. The Morgan fingerprint density at radius 2 is 1.76 bits per heavy atom. The van der Waals surface area contributed by atoms with Crippen molar-refractivity contribution in [2.45, 2.75) is 58.3 Å². The van der Waals surface area contributed by atoms with E-state index in [-0.39, 0.29) is 29.0 Å². The van der Waals surface area contributed by atoms with Gasteiger partial charge in [0.25, 0.3) is 0 Å². The molecule has 1 aliphatic rings. The molecule has 2 rings (SSSR count). The van der Waals surface area contributed by atoms with E-state index in [0.717, 1.165) is 0 Å². The van der Waals surface area contributed by atoms with Gasteiger partial charge in [-0.2, -0.15) is 4.31 Å². The highest BCUT2D eigenvalue weighted by Crippen LogP contribution is 2.24. The zero-order chi connectivity index (χ0) is 21.6. The van der Waals surface area contributed by atoms with E-state index in [9.17, 15) is 18.0 Å². The van der Waals surface area contributed by atoms with Crippen LogP contribution in [0.2, 0.25) is 0 Å². The summed E-state index contributed by atoms with van der Waals surface area (Å²) in [6.07, 6.45) is 1.72. The van der Waals surface area contributed by atoms with Crippen molar-refractivity contribution in [3.63, 3.8) is 0 Å². The van der Waals surface area contributed by atoms with Gasteiger partial charge in [-0.25, -0.2) is 8.42 Å². The average Bonchev–Trinajstić information content (AvgIpc) is 2.87. The summed E-state index contributed by atoms with van der Waals surface area (Å²) in [5.41, 5.74) is 0.345. The van der Waals surface area contributed by atoms with E-state index in [0.29, 0.717) is 64.1 Å². The fourth-order valence-electron chi connectivity index (χ4n) is 3.64. The fourth-order valence-corrected chi connectivity index (χ4v) is 5.40. The van der Waals surface area contributed by atoms with Gasteiger partial charge < -0.3 is 14.3 Å². The quantitative estimate of drug-likeness (QED) is 0.622. The minimum Gasteiger partial charge on any atom is -0.360 e. The lowest BCUT2D eigenvalue weighted by Crippen LogP contribution is -2.37. The van der Waals surface area contributed by atoms with Crippen molar-refractivity contribution in [1.29, 1.82) is 0 Å². The lowest BCUT2D eigenvalue weighted by Gasteiger charge is -2.22. The predicted octanol–water partition coefficient (Wildman–Crippen LogP) is 1.55. The summed E-state index contributed by atoms with van der Waals surface area (Å²) < 4.78 is 32.3. The molecule has 1 fully saturated rings. The van der Waals surface area contributed by atoms with E-state index in [1.165, 1.54) is 4.31 Å². The molecule has 0 bridgehead atoms. The van der Waals surface area contributed by atoms with Crippen molar-refractivity contribution in [3.8, 4) is 0 Å². The van der Waals surface area contributed by atoms with Crippen LogP contribution in [-0.2, 0) is 19.6 Å². The molecule has 0 aliphatic carbocycles. The Hall–Kier alpha value is -1.94. The van der Waals surface area contributed by atoms with Gasteiger partial charge >= 0.3 is 0 Å². The highest BCUT2D eigenvalue weighted by Gasteiger charge is 2.32. The van der Waals surface area contributed by atoms with Crippen molar-refractivity contribution in [2.24, 2.45) is 0 Å². The van der Waals surface area contributed by atoms with Gasteiger partial charge in [-0.05, 0) is 40.5 Å². The number of aromatic nitrogens is 1. The van der Waals surface area contributed by atoms with E-state index in [4.69, 9.17) is 4.52 Å². The molecule has 164 valence electrons. The molecular formula is C19H32N4O5S. The third-order valence-corrected chi connectivity index (χ3v) is 7.41. The van der Waals surface area contributed by atoms with Crippen LogP contribution in [-0.4, -0.2) is 78.8 Å². The first-order chi connectivity index (χ1) is 13.7. The zero-order valence-electron chi connectivity index (χ0n) is 17.8. The third kappa shape index (κ3) is 5.57. The van der Waals surface area contributed by atoms with Crippen LogP contribution in [0.3, 0.4) is 0 Å². The maximum Gasteiger partial charge on any atom is 0.248 e. The molecule has 2 heterocycles. The molecule has 10 heteroatoms. The second kappa shape index (κ2) is 10.2. The molecule has 0 radical (unpaired) electrons. The molecule has 1 aromatic heterocycles. The first-order valence-electron chi connectivity index (χ1n) is 10.2. The van der Waals surface area contributed by atoms with Gasteiger partial charge in [-0.15, -0.1) is 0 Å². The van der Waals surface area contributed by atoms with Crippen LogP contribution in [0.1, 0.15) is 51.0 Å². The monoisotopic (exact) mass is 428 g/mol. The molecule has 0 saturated carbocycles. The van der Waals surface area contributed by atoms with Crippen LogP contribution >= 0.6 is 0 Å². The number of amides is 2. The highest BCUT2D eigenvalue weighted by molar-refractivity contribution is 7.89. The molecule has 0 unspecified atom stereocenters. The Morgan fingerprint density at radius 1 is 1.07 bits per heavy atom. The summed E-state index contributed by atoms with van der Waals surface area (Å²) in [4.78, 5) is 28.2. The van der Waals surface area contributed by atoms with Crippen molar-refractivity contribution in [1.82, 2.24) is 19.3 Å². The van der Waals surface area contributed by atoms with Crippen LogP contribution in [0.15, 0.2) is 9.42 Å². The number of carbonyl (C=O) groups excluding carboxylic acids is 2. The van der Waals surface area contributed by atoms with Crippen LogP contribution in [0.25, 0.3) is 0 Å². The van der Waals surface area contributed by atoms with E-state index >= 15 is 0 Å². The number of sulfonamides is 1. The van der Waals surface area contributed by atoms with Gasteiger partial charge in [0, 0.05) is 52.1 Å². The molecule has 29 heavy (non-hydrogen) atoms. The van der Waals surface area contributed by atoms with E-state index in [1.807, 2.05) is 13.8 Å². The summed E-state index contributed by atoms with van der Waals surface area (Å²) in [5.74, 6) is 0.307. The lowest BCUT2D eigenvalue weighted by atomic mass is 10.2. The average molecular weight is 429 g/mol. The molecule has 1 aliphatic heterocycles. The SMILES string of the molecule is CCN(CC)C(=O)CCCC(=O)N1CCCN(S(=O)(=O)c2c(C)noc2C)CC1. The van der Waals surface area contributed by atoms with E-state index < -0.39 is 10.0 Å². The fraction of sp³-hybridized carbons (Fsp3) is 0.737. The Morgan fingerprint density at radius 3 is 2.34 bits per heavy atom.